The van der Waals surface area contributed by atoms with Crippen LogP contribution in [0.3, 0.4) is 0 Å². The molecule has 0 radical (unpaired) electrons. The molecular formula is C11H18N2O5. The number of ether oxygens (including phenoxy) is 2. The van der Waals surface area contributed by atoms with Gasteiger partial charge in [-0.1, -0.05) is 0 Å². The highest BCUT2D eigenvalue weighted by molar-refractivity contribution is 5.88. The van der Waals surface area contributed by atoms with Gasteiger partial charge in [0.25, 0.3) is 0 Å². The molecule has 1 heterocycles. The summed E-state index contributed by atoms with van der Waals surface area (Å²) in [6, 6.07) is -0.742. The molecule has 1 saturated heterocycles. The van der Waals surface area contributed by atoms with Crippen molar-refractivity contribution in [3.63, 3.8) is 0 Å². The first-order chi connectivity index (χ1) is 8.56. The Labute approximate surface area is 105 Å². The monoisotopic (exact) mass is 258 g/mol. The second kappa shape index (κ2) is 6.95. The van der Waals surface area contributed by atoms with Crippen molar-refractivity contribution in [2.45, 2.75) is 25.8 Å². The molecule has 0 saturated carbocycles. The third-order valence-corrected chi connectivity index (χ3v) is 2.63. The van der Waals surface area contributed by atoms with E-state index in [2.05, 4.69) is 0 Å². The highest BCUT2D eigenvalue weighted by Crippen LogP contribution is 2.10. The number of carbonyl (C=O) groups excluding carboxylic acids is 3. The van der Waals surface area contributed by atoms with E-state index in [4.69, 9.17) is 15.2 Å². The molecule has 1 atom stereocenters. The minimum absolute atomic E-state index is 0.00944. The quantitative estimate of drug-likeness (QED) is 0.640. The summed E-state index contributed by atoms with van der Waals surface area (Å²) in [5, 5.41) is 0. The lowest BCUT2D eigenvalue weighted by molar-refractivity contribution is -0.150. The molecule has 0 bridgehead atoms. The van der Waals surface area contributed by atoms with Crippen LogP contribution < -0.4 is 5.73 Å². The van der Waals surface area contributed by atoms with E-state index in [1.165, 1.54) is 4.90 Å². The van der Waals surface area contributed by atoms with Crippen LogP contribution in [0.4, 0.5) is 0 Å². The SMILES string of the molecule is CCOC(=O)CCC(=O)N1CCOCC1C(N)=O. The maximum absolute atomic E-state index is 11.9. The number of nitrogens with zero attached hydrogens (tertiary/aromatic N) is 1. The molecule has 7 heteroatoms. The van der Waals surface area contributed by atoms with Crippen LogP contribution in [0.15, 0.2) is 0 Å². The van der Waals surface area contributed by atoms with Crippen LogP contribution in [0.2, 0.25) is 0 Å². The van der Waals surface area contributed by atoms with E-state index in [1.54, 1.807) is 6.92 Å². The number of hydrogen-bond donors (Lipinski definition) is 1. The van der Waals surface area contributed by atoms with Crippen molar-refractivity contribution in [2.75, 3.05) is 26.4 Å². The lowest BCUT2D eigenvalue weighted by atomic mass is 10.2. The van der Waals surface area contributed by atoms with Crippen LogP contribution in [-0.4, -0.2) is 55.1 Å². The molecule has 1 aliphatic heterocycles. The summed E-state index contributed by atoms with van der Waals surface area (Å²) in [5.41, 5.74) is 5.19. The van der Waals surface area contributed by atoms with Crippen molar-refractivity contribution < 1.29 is 23.9 Å². The standard InChI is InChI=1S/C11H18N2O5/c1-2-18-10(15)4-3-9(14)13-5-6-17-7-8(13)11(12)16/h8H,2-7H2,1H3,(H2,12,16). The third kappa shape index (κ3) is 3.99. The van der Waals surface area contributed by atoms with E-state index >= 15 is 0 Å². The van der Waals surface area contributed by atoms with Crippen LogP contribution in [0.25, 0.3) is 0 Å². The molecule has 18 heavy (non-hydrogen) atoms. The molecule has 1 aliphatic rings. The summed E-state index contributed by atoms with van der Waals surface area (Å²) < 4.78 is 9.83. The summed E-state index contributed by atoms with van der Waals surface area (Å²) in [6.07, 6.45) is 0.0259. The molecule has 0 aliphatic carbocycles. The molecule has 2 amide bonds. The second-order valence-electron chi connectivity index (χ2n) is 3.89. The van der Waals surface area contributed by atoms with Crippen molar-refractivity contribution in [3.8, 4) is 0 Å². The van der Waals surface area contributed by atoms with Gasteiger partial charge in [0.2, 0.25) is 11.8 Å². The van der Waals surface area contributed by atoms with E-state index in [9.17, 15) is 14.4 Å². The Bertz CT molecular complexity index is 331. The summed E-state index contributed by atoms with van der Waals surface area (Å²) in [6.45, 7) is 2.78. The fourth-order valence-corrected chi connectivity index (χ4v) is 1.72. The van der Waals surface area contributed by atoms with Gasteiger partial charge in [-0.2, -0.15) is 0 Å². The highest BCUT2D eigenvalue weighted by Gasteiger charge is 2.31. The Hall–Kier alpha value is -1.63. The van der Waals surface area contributed by atoms with Gasteiger partial charge < -0.3 is 20.1 Å². The summed E-state index contributed by atoms with van der Waals surface area (Å²) in [4.78, 5) is 35.5. The molecule has 2 N–H and O–H groups in total. The molecule has 7 nitrogen and oxygen atoms in total. The first-order valence-corrected chi connectivity index (χ1v) is 5.88. The van der Waals surface area contributed by atoms with Crippen molar-refractivity contribution in [3.05, 3.63) is 0 Å². The van der Waals surface area contributed by atoms with Gasteiger partial charge in [-0.25, -0.2) is 0 Å². The van der Waals surface area contributed by atoms with Gasteiger partial charge in [0.15, 0.2) is 0 Å². The summed E-state index contributed by atoms with van der Waals surface area (Å²) >= 11 is 0. The Morgan fingerprint density at radius 2 is 2.11 bits per heavy atom. The largest absolute Gasteiger partial charge is 0.466 e. The summed E-state index contributed by atoms with van der Waals surface area (Å²) in [5.74, 6) is -1.30. The van der Waals surface area contributed by atoms with E-state index in [-0.39, 0.29) is 32.0 Å². The lowest BCUT2D eigenvalue weighted by Crippen LogP contribution is -2.54. The average Bonchev–Trinajstić information content (AvgIpc) is 2.36. The van der Waals surface area contributed by atoms with Crippen LogP contribution in [-0.2, 0) is 23.9 Å². The van der Waals surface area contributed by atoms with E-state index in [1.807, 2.05) is 0 Å². The Balaban J connectivity index is 2.48. The zero-order valence-electron chi connectivity index (χ0n) is 10.4. The number of rotatable bonds is 5. The highest BCUT2D eigenvalue weighted by atomic mass is 16.5. The van der Waals surface area contributed by atoms with Crippen molar-refractivity contribution in [1.82, 2.24) is 4.90 Å². The molecule has 0 aromatic heterocycles. The number of amides is 2. The molecule has 0 aromatic rings. The van der Waals surface area contributed by atoms with Gasteiger partial charge in [0, 0.05) is 13.0 Å². The number of primary amides is 1. The maximum Gasteiger partial charge on any atom is 0.306 e. The Morgan fingerprint density at radius 3 is 2.72 bits per heavy atom. The normalized spacial score (nSPS) is 19.4. The average molecular weight is 258 g/mol. The fourth-order valence-electron chi connectivity index (χ4n) is 1.72. The van der Waals surface area contributed by atoms with Gasteiger partial charge in [0.05, 0.1) is 26.2 Å². The minimum atomic E-state index is -0.742. The van der Waals surface area contributed by atoms with Gasteiger partial charge in [0.1, 0.15) is 6.04 Å². The summed E-state index contributed by atoms with van der Waals surface area (Å²) in [7, 11) is 0. The smallest absolute Gasteiger partial charge is 0.306 e. The molecule has 0 spiro atoms. The molecule has 1 fully saturated rings. The molecule has 1 rings (SSSR count). The number of morpholine rings is 1. The molecule has 1 unspecified atom stereocenters. The Morgan fingerprint density at radius 1 is 1.39 bits per heavy atom. The van der Waals surface area contributed by atoms with Gasteiger partial charge in [-0.3, -0.25) is 14.4 Å². The second-order valence-corrected chi connectivity index (χ2v) is 3.89. The van der Waals surface area contributed by atoms with Crippen molar-refractivity contribution in [1.29, 1.82) is 0 Å². The molecule has 0 aromatic carbocycles. The van der Waals surface area contributed by atoms with Crippen LogP contribution in [0.5, 0.6) is 0 Å². The minimum Gasteiger partial charge on any atom is -0.466 e. The predicted molar refractivity (Wildman–Crippen MR) is 61.4 cm³/mol. The number of carbonyl (C=O) groups is 3. The van der Waals surface area contributed by atoms with Crippen molar-refractivity contribution in [2.24, 2.45) is 5.73 Å². The first kappa shape index (κ1) is 14.4. The van der Waals surface area contributed by atoms with E-state index in [0.29, 0.717) is 13.2 Å². The lowest BCUT2D eigenvalue weighted by Gasteiger charge is -2.33. The van der Waals surface area contributed by atoms with E-state index in [0.717, 1.165) is 0 Å². The van der Waals surface area contributed by atoms with Gasteiger partial charge >= 0.3 is 5.97 Å². The third-order valence-electron chi connectivity index (χ3n) is 2.63. The predicted octanol–water partition coefficient (Wildman–Crippen LogP) is -0.958. The van der Waals surface area contributed by atoms with Gasteiger partial charge in [-0.05, 0) is 6.92 Å². The van der Waals surface area contributed by atoms with Crippen LogP contribution >= 0.6 is 0 Å². The zero-order valence-corrected chi connectivity index (χ0v) is 10.4. The maximum atomic E-state index is 11.9. The molecular weight excluding hydrogens is 240 g/mol. The first-order valence-electron chi connectivity index (χ1n) is 5.88. The molecule has 102 valence electrons. The van der Waals surface area contributed by atoms with Gasteiger partial charge in [-0.15, -0.1) is 0 Å². The number of esters is 1. The van der Waals surface area contributed by atoms with Crippen molar-refractivity contribution >= 4 is 17.8 Å². The zero-order chi connectivity index (χ0) is 13.5. The Kier molecular flexibility index (Phi) is 5.57. The van der Waals surface area contributed by atoms with Crippen LogP contribution in [0, 0.1) is 0 Å². The topological polar surface area (TPSA) is 98.9 Å². The number of nitrogens with two attached hydrogens (primary N) is 1. The van der Waals surface area contributed by atoms with Crippen LogP contribution in [0.1, 0.15) is 19.8 Å². The number of hydrogen-bond acceptors (Lipinski definition) is 5. The fraction of sp³-hybridized carbons (Fsp3) is 0.727. The van der Waals surface area contributed by atoms with E-state index < -0.39 is 17.9 Å².